The molecule has 3 aromatic rings. The lowest BCUT2D eigenvalue weighted by atomic mass is 10.0. The van der Waals surface area contributed by atoms with E-state index >= 15 is 0 Å². The normalized spacial score (nSPS) is 14.8. The second kappa shape index (κ2) is 10.2. The molecule has 1 aliphatic rings. The number of amides is 1. The second-order valence-corrected chi connectivity index (χ2v) is 9.64. The molecule has 1 aliphatic heterocycles. The van der Waals surface area contributed by atoms with Crippen molar-refractivity contribution in [1.82, 2.24) is 9.88 Å². The van der Waals surface area contributed by atoms with Crippen molar-refractivity contribution in [1.29, 1.82) is 5.26 Å². The molecule has 0 unspecified atom stereocenters. The predicted octanol–water partition coefficient (Wildman–Crippen LogP) is 5.90. The summed E-state index contributed by atoms with van der Waals surface area (Å²) in [6, 6.07) is 13.8. The molecule has 0 N–H and O–H groups in total. The first kappa shape index (κ1) is 25.5. The lowest BCUT2D eigenvalue weighted by Gasteiger charge is -2.29. The molecule has 1 aromatic heterocycles. The number of hydrogen-bond acceptors (Lipinski definition) is 5. The van der Waals surface area contributed by atoms with Crippen molar-refractivity contribution in [2.24, 2.45) is 0 Å². The Hall–Kier alpha value is -3.54. The van der Waals surface area contributed by atoms with Crippen LogP contribution in [0.25, 0.3) is 11.1 Å². The summed E-state index contributed by atoms with van der Waals surface area (Å²) in [5.41, 5.74) is 2.22. The number of benzene rings is 2. The van der Waals surface area contributed by atoms with E-state index in [1.54, 1.807) is 57.4 Å². The minimum absolute atomic E-state index is 0.164. The monoisotopic (exact) mass is 522 g/mol. The van der Waals surface area contributed by atoms with E-state index in [9.17, 15) is 14.4 Å². The van der Waals surface area contributed by atoms with Gasteiger partial charge in [0.15, 0.2) is 16.7 Å². The smallest absolute Gasteiger partial charge is 0.258 e. The number of carbonyl (C=O) groups excluding carboxylic acids is 1. The van der Waals surface area contributed by atoms with Gasteiger partial charge in [0.05, 0.1) is 22.9 Å². The summed E-state index contributed by atoms with van der Waals surface area (Å²) < 4.78 is 20.3. The Bertz CT molecular complexity index is 1370. The molecule has 184 valence electrons. The maximum atomic E-state index is 14.6. The number of rotatable bonds is 7. The molecule has 4 rings (SSSR count). The fourth-order valence-corrected chi connectivity index (χ4v) is 4.88. The van der Waals surface area contributed by atoms with Crippen LogP contribution < -0.4 is 9.64 Å². The number of thiocarbonyl (C=S) groups is 1. The molecule has 0 atom stereocenters. The van der Waals surface area contributed by atoms with Gasteiger partial charge in [0.25, 0.3) is 5.91 Å². The summed E-state index contributed by atoms with van der Waals surface area (Å²) in [4.78, 5) is 20.6. The predicted molar refractivity (Wildman–Crippen MR) is 142 cm³/mol. The molecule has 0 radical (unpaired) electrons. The van der Waals surface area contributed by atoms with Crippen molar-refractivity contribution in [2.75, 3.05) is 18.1 Å². The number of ether oxygens (including phenoxy) is 1. The Balaban J connectivity index is 1.42. The summed E-state index contributed by atoms with van der Waals surface area (Å²) in [5, 5.41) is 9.87. The maximum absolute atomic E-state index is 14.6. The van der Waals surface area contributed by atoms with E-state index in [2.05, 4.69) is 4.98 Å². The maximum Gasteiger partial charge on any atom is 0.258 e. The standard InChI is InChI=1S/C27H24ClFN4O2S/c1-17-22(7-5-20(16-30)24(17)28)33-25(34)27(2,3)32(26(33)36)13-4-14-35-23-8-6-19(15-21(23)29)18-9-11-31-12-10-18/h5-12,15H,4,13-14H2,1-3H3. The zero-order valence-electron chi connectivity index (χ0n) is 20.1. The molecule has 0 aliphatic carbocycles. The number of aromatic nitrogens is 1. The van der Waals surface area contributed by atoms with Crippen molar-refractivity contribution < 1.29 is 13.9 Å². The van der Waals surface area contributed by atoms with Crippen LogP contribution in [0.4, 0.5) is 10.1 Å². The first-order valence-electron chi connectivity index (χ1n) is 11.3. The molecule has 9 heteroatoms. The van der Waals surface area contributed by atoms with Gasteiger partial charge in [0.1, 0.15) is 11.6 Å². The van der Waals surface area contributed by atoms with E-state index in [4.69, 9.17) is 28.6 Å². The lowest BCUT2D eigenvalue weighted by Crippen LogP contribution is -2.44. The fourth-order valence-electron chi connectivity index (χ4n) is 4.17. The van der Waals surface area contributed by atoms with Crippen molar-refractivity contribution >= 4 is 40.5 Å². The van der Waals surface area contributed by atoms with Crippen LogP contribution in [0.5, 0.6) is 5.75 Å². The Kier molecular flexibility index (Phi) is 7.25. The highest BCUT2D eigenvalue weighted by Gasteiger charge is 2.49. The van der Waals surface area contributed by atoms with Gasteiger partial charge in [-0.15, -0.1) is 0 Å². The third-order valence-corrected chi connectivity index (χ3v) is 7.16. The molecule has 36 heavy (non-hydrogen) atoms. The summed E-state index contributed by atoms with van der Waals surface area (Å²) in [7, 11) is 0. The van der Waals surface area contributed by atoms with Gasteiger partial charge in [0, 0.05) is 18.9 Å². The van der Waals surface area contributed by atoms with Crippen molar-refractivity contribution in [3.63, 3.8) is 0 Å². The molecule has 1 saturated heterocycles. The summed E-state index contributed by atoms with van der Waals surface area (Å²) in [5.74, 6) is -0.470. The minimum atomic E-state index is -0.888. The first-order valence-corrected chi connectivity index (χ1v) is 12.1. The van der Waals surface area contributed by atoms with Crippen LogP contribution in [0.2, 0.25) is 5.02 Å². The third kappa shape index (κ3) is 4.64. The molecule has 2 aromatic carbocycles. The van der Waals surface area contributed by atoms with Crippen LogP contribution in [0.1, 0.15) is 31.4 Å². The number of anilines is 1. The molecule has 2 heterocycles. The highest BCUT2D eigenvalue weighted by atomic mass is 35.5. The Labute approximate surface area is 219 Å². The van der Waals surface area contributed by atoms with E-state index in [0.717, 1.165) is 11.1 Å². The number of carbonyl (C=O) groups is 1. The van der Waals surface area contributed by atoms with Gasteiger partial charge < -0.3 is 9.64 Å². The quantitative estimate of drug-likeness (QED) is 0.284. The molecule has 6 nitrogen and oxygen atoms in total. The third-order valence-electron chi connectivity index (χ3n) is 6.27. The Morgan fingerprint density at radius 2 is 1.89 bits per heavy atom. The Morgan fingerprint density at radius 3 is 2.56 bits per heavy atom. The first-order chi connectivity index (χ1) is 17.2. The molecule has 1 amide bonds. The number of pyridine rings is 1. The van der Waals surface area contributed by atoms with Gasteiger partial charge in [0.2, 0.25) is 0 Å². The Morgan fingerprint density at radius 1 is 1.17 bits per heavy atom. The largest absolute Gasteiger partial charge is 0.490 e. The van der Waals surface area contributed by atoms with Gasteiger partial charge in [-0.05, 0) is 92.5 Å². The average molecular weight is 523 g/mol. The SMILES string of the molecule is Cc1c(N2C(=O)C(C)(C)N(CCCOc3ccc(-c4ccncc4)cc3F)C2=S)ccc(C#N)c1Cl. The zero-order valence-corrected chi connectivity index (χ0v) is 21.7. The van der Waals surface area contributed by atoms with Gasteiger partial charge >= 0.3 is 0 Å². The number of nitriles is 1. The van der Waals surface area contributed by atoms with Crippen LogP contribution in [0, 0.1) is 24.1 Å². The number of nitrogens with zero attached hydrogens (tertiary/aromatic N) is 4. The van der Waals surface area contributed by atoms with E-state index < -0.39 is 11.4 Å². The second-order valence-electron chi connectivity index (χ2n) is 8.90. The van der Waals surface area contributed by atoms with Gasteiger partial charge in [-0.2, -0.15) is 5.26 Å². The van der Waals surface area contributed by atoms with Gasteiger partial charge in [-0.3, -0.25) is 14.7 Å². The highest BCUT2D eigenvalue weighted by molar-refractivity contribution is 7.80. The topological polar surface area (TPSA) is 69.5 Å². The summed E-state index contributed by atoms with van der Waals surface area (Å²) >= 11 is 12.0. The van der Waals surface area contributed by atoms with Crippen LogP contribution in [0.15, 0.2) is 54.9 Å². The average Bonchev–Trinajstić information content (AvgIpc) is 3.03. The van der Waals surface area contributed by atoms with Crippen LogP contribution in [0.3, 0.4) is 0 Å². The molecule has 0 saturated carbocycles. The fraction of sp³-hybridized carbons (Fsp3) is 0.259. The minimum Gasteiger partial charge on any atom is -0.490 e. The summed E-state index contributed by atoms with van der Waals surface area (Å²) in [6.45, 7) is 6.05. The van der Waals surface area contributed by atoms with Crippen molar-refractivity contribution in [3.05, 3.63) is 76.8 Å². The van der Waals surface area contributed by atoms with Crippen molar-refractivity contribution in [2.45, 2.75) is 32.7 Å². The molecule has 0 bridgehead atoms. The van der Waals surface area contributed by atoms with Gasteiger partial charge in [-0.25, -0.2) is 4.39 Å². The van der Waals surface area contributed by atoms with Crippen LogP contribution in [-0.4, -0.2) is 39.6 Å². The molecule has 1 fully saturated rings. The summed E-state index contributed by atoms with van der Waals surface area (Å²) in [6.07, 6.45) is 3.83. The lowest BCUT2D eigenvalue weighted by molar-refractivity contribution is -0.123. The molecule has 0 spiro atoms. The van der Waals surface area contributed by atoms with Gasteiger partial charge in [-0.1, -0.05) is 17.7 Å². The number of halogens is 2. The molecular formula is C27H24ClFN4O2S. The highest BCUT2D eigenvalue weighted by Crippen LogP contribution is 2.37. The van der Waals surface area contributed by atoms with E-state index in [-0.39, 0.29) is 18.3 Å². The molecular weight excluding hydrogens is 499 g/mol. The number of hydrogen-bond donors (Lipinski definition) is 0. The van der Waals surface area contributed by atoms with Crippen molar-refractivity contribution in [3.8, 4) is 22.9 Å². The van der Waals surface area contributed by atoms with E-state index in [1.807, 2.05) is 23.1 Å². The van der Waals surface area contributed by atoms with Crippen LogP contribution >= 0.6 is 23.8 Å². The zero-order chi connectivity index (χ0) is 26.0. The van der Waals surface area contributed by atoms with Crippen LogP contribution in [-0.2, 0) is 4.79 Å². The van der Waals surface area contributed by atoms with E-state index in [1.165, 1.54) is 11.0 Å². The van der Waals surface area contributed by atoms with E-state index in [0.29, 0.717) is 39.9 Å².